The number of nitrogens with one attached hydrogen (secondary N) is 1. The number of unbranched alkanes of at least 4 members (excludes halogenated alkanes) is 1. The van der Waals surface area contributed by atoms with Crippen LogP contribution in [0.1, 0.15) is 41.4 Å². The van der Waals surface area contributed by atoms with Crippen LogP contribution >= 0.6 is 0 Å². The van der Waals surface area contributed by atoms with Gasteiger partial charge in [0, 0.05) is 5.56 Å². The van der Waals surface area contributed by atoms with Gasteiger partial charge in [-0.05, 0) is 37.5 Å². The molecule has 0 aliphatic heterocycles. The zero-order valence-corrected chi connectivity index (χ0v) is 11.9. The van der Waals surface area contributed by atoms with E-state index in [1.807, 2.05) is 31.2 Å². The number of hydrogen-bond acceptors (Lipinski definition) is 3. The Morgan fingerprint density at radius 3 is 2.65 bits per heavy atom. The second-order valence-electron chi connectivity index (χ2n) is 4.78. The Morgan fingerprint density at radius 2 is 2.00 bits per heavy atom. The summed E-state index contributed by atoms with van der Waals surface area (Å²) in [6.07, 6.45) is 6.48. The van der Waals surface area contributed by atoms with Crippen LogP contribution in [0.3, 0.4) is 0 Å². The van der Waals surface area contributed by atoms with Crippen LogP contribution in [-0.4, -0.2) is 15.9 Å². The predicted molar refractivity (Wildman–Crippen MR) is 79.8 cm³/mol. The molecule has 0 unspecified atom stereocenters. The summed E-state index contributed by atoms with van der Waals surface area (Å²) in [5, 5.41) is 2.83. The Bertz CT molecular complexity index is 579. The summed E-state index contributed by atoms with van der Waals surface area (Å²) in [5.41, 5.74) is 3.32. The van der Waals surface area contributed by atoms with E-state index in [0.29, 0.717) is 11.3 Å². The van der Waals surface area contributed by atoms with Gasteiger partial charge in [-0.25, -0.2) is 9.97 Å². The highest BCUT2D eigenvalue weighted by Gasteiger charge is 2.08. The van der Waals surface area contributed by atoms with Gasteiger partial charge in [-0.15, -0.1) is 0 Å². The number of carbonyl (C=O) groups excluding carboxylic acids is 1. The average Bonchev–Trinajstić information content (AvgIpc) is 2.48. The second kappa shape index (κ2) is 6.80. The van der Waals surface area contributed by atoms with Crippen molar-refractivity contribution in [1.82, 2.24) is 9.97 Å². The highest BCUT2D eigenvalue weighted by Crippen LogP contribution is 2.12. The number of carbonyl (C=O) groups is 1. The van der Waals surface area contributed by atoms with Gasteiger partial charge < -0.3 is 5.32 Å². The minimum Gasteiger partial charge on any atom is -0.319 e. The molecule has 20 heavy (non-hydrogen) atoms. The average molecular weight is 269 g/mol. The third-order valence-corrected chi connectivity index (χ3v) is 3.19. The fourth-order valence-electron chi connectivity index (χ4n) is 1.91. The van der Waals surface area contributed by atoms with Gasteiger partial charge in [-0.1, -0.05) is 25.5 Å². The highest BCUT2D eigenvalue weighted by atomic mass is 16.1. The maximum absolute atomic E-state index is 12.1. The van der Waals surface area contributed by atoms with E-state index in [-0.39, 0.29) is 5.91 Å². The Labute approximate surface area is 119 Å². The lowest BCUT2D eigenvalue weighted by molar-refractivity contribution is 0.102. The third kappa shape index (κ3) is 3.63. The first-order valence-corrected chi connectivity index (χ1v) is 6.87. The zero-order chi connectivity index (χ0) is 14.4. The van der Waals surface area contributed by atoms with Crippen LogP contribution in [0.5, 0.6) is 0 Å². The van der Waals surface area contributed by atoms with Crippen molar-refractivity contribution in [3.8, 4) is 0 Å². The van der Waals surface area contributed by atoms with Gasteiger partial charge in [0.2, 0.25) is 0 Å². The van der Waals surface area contributed by atoms with Crippen molar-refractivity contribution in [3.63, 3.8) is 0 Å². The smallest absolute Gasteiger partial charge is 0.255 e. The molecule has 0 radical (unpaired) electrons. The monoisotopic (exact) mass is 269 g/mol. The number of rotatable bonds is 5. The molecule has 4 nitrogen and oxygen atoms in total. The van der Waals surface area contributed by atoms with Crippen LogP contribution in [0.2, 0.25) is 0 Å². The summed E-state index contributed by atoms with van der Waals surface area (Å²) in [7, 11) is 0. The van der Waals surface area contributed by atoms with Gasteiger partial charge in [0.1, 0.15) is 6.33 Å². The van der Waals surface area contributed by atoms with Crippen molar-refractivity contribution in [3.05, 3.63) is 53.6 Å². The Kier molecular flexibility index (Phi) is 4.82. The van der Waals surface area contributed by atoms with Crippen LogP contribution in [0, 0.1) is 6.92 Å². The molecular weight excluding hydrogens is 250 g/mol. The normalized spacial score (nSPS) is 10.3. The summed E-state index contributed by atoms with van der Waals surface area (Å²) in [5.74, 6) is -0.134. The zero-order valence-electron chi connectivity index (χ0n) is 11.9. The lowest BCUT2D eigenvalue weighted by Crippen LogP contribution is -2.13. The molecule has 1 aromatic heterocycles. The van der Waals surface area contributed by atoms with Gasteiger partial charge in [-0.2, -0.15) is 0 Å². The molecule has 0 saturated carbocycles. The van der Waals surface area contributed by atoms with Gasteiger partial charge in [0.25, 0.3) is 5.91 Å². The predicted octanol–water partition coefficient (Wildman–Crippen LogP) is 3.38. The summed E-state index contributed by atoms with van der Waals surface area (Å²) in [4.78, 5) is 20.1. The molecule has 0 saturated heterocycles. The van der Waals surface area contributed by atoms with Gasteiger partial charge in [0.15, 0.2) is 0 Å². The standard InChI is InChI=1S/C16H19N3O/c1-3-4-5-13-6-8-14(9-7-13)16(20)19-15-10-17-11-18-12(15)2/h6-11H,3-5H2,1-2H3,(H,19,20). The van der Waals surface area contributed by atoms with Crippen molar-refractivity contribution in [2.45, 2.75) is 33.1 Å². The largest absolute Gasteiger partial charge is 0.319 e. The van der Waals surface area contributed by atoms with Crippen LogP contribution < -0.4 is 5.32 Å². The molecular formula is C16H19N3O. The molecule has 4 heteroatoms. The molecule has 104 valence electrons. The SMILES string of the molecule is CCCCc1ccc(C(=O)Nc2cncnc2C)cc1. The van der Waals surface area contributed by atoms with Crippen molar-refractivity contribution in [2.24, 2.45) is 0 Å². The second-order valence-corrected chi connectivity index (χ2v) is 4.78. The maximum Gasteiger partial charge on any atom is 0.255 e. The molecule has 0 aliphatic rings. The third-order valence-electron chi connectivity index (χ3n) is 3.19. The molecule has 2 rings (SSSR count). The topological polar surface area (TPSA) is 54.9 Å². The van der Waals surface area contributed by atoms with E-state index in [2.05, 4.69) is 22.2 Å². The Hall–Kier alpha value is -2.23. The lowest BCUT2D eigenvalue weighted by atomic mass is 10.1. The Morgan fingerprint density at radius 1 is 1.25 bits per heavy atom. The minimum absolute atomic E-state index is 0.134. The first-order chi connectivity index (χ1) is 9.70. The van der Waals surface area contributed by atoms with Crippen LogP contribution in [0.4, 0.5) is 5.69 Å². The summed E-state index contributed by atoms with van der Waals surface area (Å²) >= 11 is 0. The molecule has 1 heterocycles. The molecule has 1 N–H and O–H groups in total. The fraction of sp³-hybridized carbons (Fsp3) is 0.312. The van der Waals surface area contributed by atoms with E-state index in [9.17, 15) is 4.79 Å². The lowest BCUT2D eigenvalue weighted by Gasteiger charge is -2.07. The number of aromatic nitrogens is 2. The maximum atomic E-state index is 12.1. The van der Waals surface area contributed by atoms with E-state index in [4.69, 9.17) is 0 Å². The molecule has 2 aromatic rings. The molecule has 0 spiro atoms. The molecule has 0 bridgehead atoms. The number of benzene rings is 1. The number of anilines is 1. The van der Waals surface area contributed by atoms with Crippen LogP contribution in [0.15, 0.2) is 36.8 Å². The summed E-state index contributed by atoms with van der Waals surface area (Å²) in [6.45, 7) is 4.01. The summed E-state index contributed by atoms with van der Waals surface area (Å²) in [6, 6.07) is 7.75. The van der Waals surface area contributed by atoms with Crippen LogP contribution in [0.25, 0.3) is 0 Å². The number of aryl methyl sites for hydroxylation is 2. The highest BCUT2D eigenvalue weighted by molar-refractivity contribution is 6.04. The molecule has 1 amide bonds. The van der Waals surface area contributed by atoms with Gasteiger partial charge in [0.05, 0.1) is 17.6 Å². The quantitative estimate of drug-likeness (QED) is 0.905. The molecule has 0 fully saturated rings. The number of amides is 1. The van der Waals surface area contributed by atoms with Gasteiger partial charge in [-0.3, -0.25) is 4.79 Å². The van der Waals surface area contributed by atoms with E-state index >= 15 is 0 Å². The number of nitrogens with zero attached hydrogens (tertiary/aromatic N) is 2. The van der Waals surface area contributed by atoms with Crippen molar-refractivity contribution in [1.29, 1.82) is 0 Å². The van der Waals surface area contributed by atoms with Crippen molar-refractivity contribution in [2.75, 3.05) is 5.32 Å². The van der Waals surface area contributed by atoms with E-state index in [1.54, 1.807) is 6.20 Å². The van der Waals surface area contributed by atoms with Gasteiger partial charge >= 0.3 is 0 Å². The summed E-state index contributed by atoms with van der Waals surface area (Å²) < 4.78 is 0. The molecule has 1 aromatic carbocycles. The molecule has 0 atom stereocenters. The van der Waals surface area contributed by atoms with Crippen molar-refractivity contribution < 1.29 is 4.79 Å². The van der Waals surface area contributed by atoms with E-state index in [0.717, 1.165) is 12.1 Å². The van der Waals surface area contributed by atoms with E-state index in [1.165, 1.54) is 24.7 Å². The number of hydrogen-bond donors (Lipinski definition) is 1. The Balaban J connectivity index is 2.04. The fourth-order valence-corrected chi connectivity index (χ4v) is 1.91. The van der Waals surface area contributed by atoms with E-state index < -0.39 is 0 Å². The minimum atomic E-state index is -0.134. The molecule has 0 aliphatic carbocycles. The van der Waals surface area contributed by atoms with Crippen LogP contribution in [-0.2, 0) is 6.42 Å². The van der Waals surface area contributed by atoms with Crippen molar-refractivity contribution >= 4 is 11.6 Å². The first kappa shape index (κ1) is 14.2. The first-order valence-electron chi connectivity index (χ1n) is 6.87.